The number of fused-ring (bicyclic) bond motifs is 1. The van der Waals surface area contributed by atoms with Crippen molar-refractivity contribution in [1.29, 1.82) is 0 Å². The van der Waals surface area contributed by atoms with E-state index in [2.05, 4.69) is 22.0 Å². The zero-order chi connectivity index (χ0) is 32.2. The summed E-state index contributed by atoms with van der Waals surface area (Å²) in [4.78, 5) is 21.3. The average molecular weight is 661 g/mol. The van der Waals surface area contributed by atoms with Gasteiger partial charge >= 0.3 is 0 Å². The maximum atomic E-state index is 11.5. The summed E-state index contributed by atoms with van der Waals surface area (Å²) in [6.45, 7) is 3.59. The molecule has 0 bridgehead atoms. The van der Waals surface area contributed by atoms with Gasteiger partial charge in [-0.1, -0.05) is 71.7 Å². The second kappa shape index (κ2) is 14.5. The molecule has 2 aromatic carbocycles. The van der Waals surface area contributed by atoms with E-state index in [0.717, 1.165) is 64.9 Å². The lowest BCUT2D eigenvalue weighted by atomic mass is 9.90. The summed E-state index contributed by atoms with van der Waals surface area (Å²) in [7, 11) is 1.61. The number of carbonyl (C=O) groups is 1. The minimum Gasteiger partial charge on any atom is -0.481 e. The van der Waals surface area contributed by atoms with E-state index in [1.165, 1.54) is 5.56 Å². The number of amides is 1. The number of aromatic nitrogens is 2. The number of pyridine rings is 2. The Kier molecular flexibility index (Phi) is 10.2. The van der Waals surface area contributed by atoms with Gasteiger partial charge in [-0.05, 0) is 50.3 Å². The molecule has 4 N–H and O–H groups in total. The third kappa shape index (κ3) is 7.06. The van der Waals surface area contributed by atoms with Crippen LogP contribution in [0, 0.1) is 0 Å². The van der Waals surface area contributed by atoms with Gasteiger partial charge in [0.1, 0.15) is 0 Å². The lowest BCUT2D eigenvalue weighted by Crippen LogP contribution is -2.35. The van der Waals surface area contributed by atoms with Gasteiger partial charge in [0.2, 0.25) is 11.8 Å². The molecule has 46 heavy (non-hydrogen) atoms. The first kappa shape index (κ1) is 32.4. The number of aliphatic hydroxyl groups is 1. The number of aliphatic hydroxyl groups excluding tert-OH is 1. The SMILES string of the molecule is COc1nc(-c2cccc(-c3cccc(-c4ccc5c(n4)CCC[C@@H]5NCC(C)O)c3Cl)c2Cl)ccc1CNC[C@@H]1CCC(=O)N1. The van der Waals surface area contributed by atoms with Gasteiger partial charge in [0.25, 0.3) is 0 Å². The first-order valence-corrected chi connectivity index (χ1v) is 16.6. The molecule has 0 radical (unpaired) electrons. The molecule has 3 atom stereocenters. The Morgan fingerprint density at radius 1 is 0.935 bits per heavy atom. The molecule has 8 nitrogen and oxygen atoms in total. The van der Waals surface area contributed by atoms with Crippen LogP contribution in [0.4, 0.5) is 0 Å². The molecule has 240 valence electrons. The Bertz CT molecular complexity index is 1730. The van der Waals surface area contributed by atoms with Crippen LogP contribution in [0.1, 0.15) is 55.5 Å². The summed E-state index contributed by atoms with van der Waals surface area (Å²) in [5, 5.41) is 20.7. The number of ether oxygens (including phenoxy) is 1. The molecule has 0 saturated carbocycles. The Morgan fingerprint density at radius 2 is 1.61 bits per heavy atom. The molecular formula is C36H39Cl2N5O3. The lowest BCUT2D eigenvalue weighted by molar-refractivity contribution is -0.119. The Balaban J connectivity index is 1.25. The summed E-state index contributed by atoms with van der Waals surface area (Å²) in [6, 6.07) is 20.2. The monoisotopic (exact) mass is 659 g/mol. The first-order valence-electron chi connectivity index (χ1n) is 15.9. The van der Waals surface area contributed by atoms with Gasteiger partial charge in [-0.2, -0.15) is 0 Å². The summed E-state index contributed by atoms with van der Waals surface area (Å²) in [5.41, 5.74) is 7.92. The van der Waals surface area contributed by atoms with E-state index in [1.807, 2.05) is 54.6 Å². The molecular weight excluding hydrogens is 621 g/mol. The van der Waals surface area contributed by atoms with Gasteiger partial charge in [-0.3, -0.25) is 9.78 Å². The fourth-order valence-corrected chi connectivity index (χ4v) is 7.00. The fraction of sp³-hybridized carbons (Fsp3) is 0.361. The zero-order valence-corrected chi connectivity index (χ0v) is 27.6. The third-order valence-electron chi connectivity index (χ3n) is 8.71. The summed E-state index contributed by atoms with van der Waals surface area (Å²) < 4.78 is 5.65. The van der Waals surface area contributed by atoms with Crippen molar-refractivity contribution in [2.45, 2.75) is 63.8 Å². The molecule has 1 fully saturated rings. The molecule has 1 unspecified atom stereocenters. The van der Waals surface area contributed by atoms with E-state index >= 15 is 0 Å². The van der Waals surface area contributed by atoms with Crippen LogP contribution in [0.25, 0.3) is 33.6 Å². The zero-order valence-electron chi connectivity index (χ0n) is 26.1. The number of methoxy groups -OCH3 is 1. The quantitative estimate of drug-likeness (QED) is 0.145. The second-order valence-electron chi connectivity index (χ2n) is 12.1. The van der Waals surface area contributed by atoms with Crippen molar-refractivity contribution in [3.63, 3.8) is 0 Å². The summed E-state index contributed by atoms with van der Waals surface area (Å²) in [6.07, 6.45) is 3.99. The van der Waals surface area contributed by atoms with Gasteiger partial charge in [0.15, 0.2) is 0 Å². The van der Waals surface area contributed by atoms with E-state index in [0.29, 0.717) is 47.7 Å². The number of nitrogens with one attached hydrogen (secondary N) is 3. The molecule has 2 aromatic heterocycles. The van der Waals surface area contributed by atoms with Gasteiger partial charge in [-0.25, -0.2) is 4.98 Å². The number of halogens is 2. The lowest BCUT2D eigenvalue weighted by Gasteiger charge is -2.27. The number of rotatable bonds is 11. The van der Waals surface area contributed by atoms with Crippen molar-refractivity contribution in [3.05, 3.63) is 87.5 Å². The summed E-state index contributed by atoms with van der Waals surface area (Å²) >= 11 is 14.2. The van der Waals surface area contributed by atoms with Crippen molar-refractivity contribution in [3.8, 4) is 39.5 Å². The minimum absolute atomic E-state index is 0.106. The maximum Gasteiger partial charge on any atom is 0.220 e. The normalized spacial score (nSPS) is 18.2. The van der Waals surface area contributed by atoms with E-state index in [4.69, 9.17) is 37.9 Å². The highest BCUT2D eigenvalue weighted by molar-refractivity contribution is 6.39. The third-order valence-corrected chi connectivity index (χ3v) is 9.53. The minimum atomic E-state index is -0.400. The molecule has 1 amide bonds. The maximum absolute atomic E-state index is 11.5. The molecule has 3 heterocycles. The molecule has 1 aliphatic carbocycles. The van der Waals surface area contributed by atoms with Gasteiger partial charge in [-0.15, -0.1) is 0 Å². The molecule has 2 aliphatic rings. The number of nitrogens with zero attached hydrogens (tertiary/aromatic N) is 2. The number of hydrogen-bond donors (Lipinski definition) is 4. The van der Waals surface area contributed by atoms with Gasteiger partial charge in [0.05, 0.1) is 34.6 Å². The Labute approximate surface area is 279 Å². The second-order valence-corrected chi connectivity index (χ2v) is 12.8. The number of benzene rings is 2. The molecule has 10 heteroatoms. The smallest absolute Gasteiger partial charge is 0.220 e. The Hall–Kier alpha value is -3.53. The van der Waals surface area contributed by atoms with Crippen LogP contribution in [0.5, 0.6) is 5.88 Å². The van der Waals surface area contributed by atoms with Crippen molar-refractivity contribution in [2.75, 3.05) is 20.2 Å². The van der Waals surface area contributed by atoms with Crippen LogP contribution in [-0.2, 0) is 17.8 Å². The predicted molar refractivity (Wildman–Crippen MR) is 183 cm³/mol. The molecule has 6 rings (SSSR count). The van der Waals surface area contributed by atoms with Crippen LogP contribution in [0.2, 0.25) is 10.0 Å². The highest BCUT2D eigenvalue weighted by Gasteiger charge is 2.24. The molecule has 0 spiro atoms. The largest absolute Gasteiger partial charge is 0.481 e. The molecule has 4 aromatic rings. The van der Waals surface area contributed by atoms with Crippen molar-refractivity contribution in [2.24, 2.45) is 0 Å². The molecule has 1 aliphatic heterocycles. The van der Waals surface area contributed by atoms with E-state index in [-0.39, 0.29) is 18.0 Å². The van der Waals surface area contributed by atoms with Crippen LogP contribution in [0.3, 0.4) is 0 Å². The van der Waals surface area contributed by atoms with E-state index in [1.54, 1.807) is 14.0 Å². The van der Waals surface area contributed by atoms with Gasteiger partial charge < -0.3 is 25.8 Å². The van der Waals surface area contributed by atoms with E-state index < -0.39 is 6.10 Å². The standard InChI is InChI=1S/C36H39Cl2N5O3/c1-21(44)18-40-29-10-5-11-30-26(29)14-16-31(42-30)27-8-3-6-24(34(27)37)25-7-4-9-28(35(25)38)32-15-12-22(36(43-32)46-2)19-39-20-23-13-17-33(45)41-23/h3-4,6-9,12,14-16,21,23,29,39-40,44H,5,10-11,13,17-20H2,1-2H3,(H,41,45)/t21?,23-,29-/m0/s1. The van der Waals surface area contributed by atoms with Crippen LogP contribution in [-0.4, -0.2) is 53.3 Å². The topological polar surface area (TPSA) is 108 Å². The number of carbonyl (C=O) groups excluding carboxylic acids is 1. The van der Waals surface area contributed by atoms with Crippen molar-refractivity contribution >= 4 is 29.1 Å². The van der Waals surface area contributed by atoms with E-state index in [9.17, 15) is 9.90 Å². The first-order chi connectivity index (χ1) is 22.3. The van der Waals surface area contributed by atoms with Crippen LogP contribution < -0.4 is 20.7 Å². The highest BCUT2D eigenvalue weighted by atomic mass is 35.5. The average Bonchev–Trinajstić information content (AvgIpc) is 3.48. The number of aryl methyl sites for hydroxylation is 1. The fourth-order valence-electron chi connectivity index (χ4n) is 6.35. The molecule has 1 saturated heterocycles. The van der Waals surface area contributed by atoms with Crippen molar-refractivity contribution < 1.29 is 14.6 Å². The number of hydrogen-bond acceptors (Lipinski definition) is 7. The van der Waals surface area contributed by atoms with Crippen LogP contribution in [0.15, 0.2) is 60.7 Å². The van der Waals surface area contributed by atoms with Gasteiger partial charge in [0, 0.05) is 71.6 Å². The van der Waals surface area contributed by atoms with Crippen LogP contribution >= 0.6 is 23.2 Å². The Morgan fingerprint density at radius 3 is 2.26 bits per heavy atom. The highest BCUT2D eigenvalue weighted by Crippen LogP contribution is 2.42. The van der Waals surface area contributed by atoms with Crippen molar-refractivity contribution in [1.82, 2.24) is 25.9 Å². The predicted octanol–water partition coefficient (Wildman–Crippen LogP) is 6.51. The summed E-state index contributed by atoms with van der Waals surface area (Å²) in [5.74, 6) is 0.623.